The highest BCUT2D eigenvalue weighted by molar-refractivity contribution is 5.69. The van der Waals surface area contributed by atoms with Crippen molar-refractivity contribution < 1.29 is 44.2 Å². The first-order chi connectivity index (χ1) is 25.4. The molecule has 9 nitrogen and oxygen atoms in total. The zero-order valence-electron chi connectivity index (χ0n) is 32.8. The van der Waals surface area contributed by atoms with Crippen molar-refractivity contribution in [3.8, 4) is 0 Å². The Kier molecular flexibility index (Phi) is 32.3. The fourth-order valence-electron chi connectivity index (χ4n) is 6.01. The molecule has 0 saturated carbocycles. The Balaban J connectivity index is 2.33. The fraction of sp³-hybridized carbons (Fsp3) is 0.791. The minimum Gasteiger partial charge on any atom is -0.457 e. The van der Waals surface area contributed by atoms with Gasteiger partial charge < -0.3 is 39.4 Å². The van der Waals surface area contributed by atoms with Crippen LogP contribution >= 0.6 is 0 Å². The maximum Gasteiger partial charge on any atom is 0.306 e. The molecule has 0 spiro atoms. The molecule has 0 aliphatic carbocycles. The normalized spacial score (nSPS) is 21.7. The molecule has 1 aliphatic rings. The van der Waals surface area contributed by atoms with Gasteiger partial charge in [-0.05, 0) is 51.4 Å². The first kappa shape index (κ1) is 48.2. The molecule has 1 fully saturated rings. The van der Waals surface area contributed by atoms with Gasteiger partial charge in [-0.15, -0.1) is 0 Å². The molecule has 9 heteroatoms. The predicted octanol–water partition coefficient (Wildman–Crippen LogP) is 8.58. The number of allylic oxidation sites excluding steroid dienone is 8. The first-order valence-corrected chi connectivity index (χ1v) is 20.7. The van der Waals surface area contributed by atoms with Gasteiger partial charge in [-0.3, -0.25) is 4.79 Å². The molecule has 0 radical (unpaired) electrons. The van der Waals surface area contributed by atoms with Crippen LogP contribution < -0.4 is 0 Å². The van der Waals surface area contributed by atoms with Gasteiger partial charge in [-0.25, -0.2) is 0 Å². The first-order valence-electron chi connectivity index (χ1n) is 20.7. The molecular weight excluding hydrogens is 660 g/mol. The van der Waals surface area contributed by atoms with Crippen molar-refractivity contribution in [2.45, 2.75) is 192 Å². The van der Waals surface area contributed by atoms with Crippen molar-refractivity contribution in [1.82, 2.24) is 0 Å². The fourth-order valence-corrected chi connectivity index (χ4v) is 6.01. The summed E-state index contributed by atoms with van der Waals surface area (Å²) in [5, 5.41) is 40.0. The van der Waals surface area contributed by atoms with Gasteiger partial charge in [0.05, 0.1) is 19.8 Å². The molecule has 52 heavy (non-hydrogen) atoms. The second-order valence-corrected chi connectivity index (χ2v) is 14.1. The number of hydrogen-bond acceptors (Lipinski definition) is 9. The number of aliphatic hydroxyl groups excluding tert-OH is 4. The summed E-state index contributed by atoms with van der Waals surface area (Å²) in [4.78, 5) is 12.7. The summed E-state index contributed by atoms with van der Waals surface area (Å²) in [6, 6.07) is 0. The SMILES string of the molecule is CC/C=C\C/C=C\C/C=C\C/C=C\CCCCCOCC(COC1OC(CO)C(O)C(O)C1O)OC(=O)CCCCCCCCCCCCCCC. The number of aliphatic hydroxyl groups is 4. The van der Waals surface area contributed by atoms with E-state index >= 15 is 0 Å². The molecule has 4 N–H and O–H groups in total. The zero-order valence-corrected chi connectivity index (χ0v) is 32.8. The van der Waals surface area contributed by atoms with Crippen molar-refractivity contribution in [2.24, 2.45) is 0 Å². The summed E-state index contributed by atoms with van der Waals surface area (Å²) in [7, 11) is 0. The monoisotopic (exact) mass is 737 g/mol. The van der Waals surface area contributed by atoms with Crippen LogP contribution in [-0.4, -0.2) is 89.6 Å². The van der Waals surface area contributed by atoms with E-state index in [4.69, 9.17) is 18.9 Å². The number of carbonyl (C=O) groups is 1. The van der Waals surface area contributed by atoms with Gasteiger partial charge in [-0.1, -0.05) is 146 Å². The van der Waals surface area contributed by atoms with E-state index in [2.05, 4.69) is 62.5 Å². The van der Waals surface area contributed by atoms with Crippen LogP contribution in [0.15, 0.2) is 48.6 Å². The Hall–Kier alpha value is -1.85. The number of rotatable bonds is 34. The van der Waals surface area contributed by atoms with Gasteiger partial charge in [0.15, 0.2) is 6.29 Å². The lowest BCUT2D eigenvalue weighted by atomic mass is 9.99. The van der Waals surface area contributed by atoms with Crippen molar-refractivity contribution in [2.75, 3.05) is 26.4 Å². The van der Waals surface area contributed by atoms with Crippen LogP contribution in [0.25, 0.3) is 0 Å². The predicted molar refractivity (Wildman–Crippen MR) is 210 cm³/mol. The molecule has 1 saturated heterocycles. The van der Waals surface area contributed by atoms with E-state index in [1.165, 1.54) is 64.2 Å². The minimum absolute atomic E-state index is 0.124. The molecule has 1 rings (SSSR count). The molecule has 0 amide bonds. The van der Waals surface area contributed by atoms with E-state index in [0.29, 0.717) is 13.0 Å². The third-order valence-electron chi connectivity index (χ3n) is 9.26. The summed E-state index contributed by atoms with van der Waals surface area (Å²) in [6.07, 6.45) is 34.2. The van der Waals surface area contributed by atoms with E-state index in [0.717, 1.165) is 70.6 Å². The van der Waals surface area contributed by atoms with E-state index in [-0.39, 0.29) is 19.2 Å². The lowest BCUT2D eigenvalue weighted by Crippen LogP contribution is -2.59. The molecule has 302 valence electrons. The lowest BCUT2D eigenvalue weighted by Gasteiger charge is -2.39. The average Bonchev–Trinajstić information content (AvgIpc) is 3.14. The summed E-state index contributed by atoms with van der Waals surface area (Å²) < 4.78 is 22.7. The molecule has 1 aliphatic heterocycles. The van der Waals surface area contributed by atoms with E-state index in [1.54, 1.807) is 0 Å². The maximum absolute atomic E-state index is 12.7. The second-order valence-electron chi connectivity index (χ2n) is 14.1. The van der Waals surface area contributed by atoms with E-state index in [9.17, 15) is 25.2 Å². The third kappa shape index (κ3) is 26.0. The minimum atomic E-state index is -1.54. The largest absolute Gasteiger partial charge is 0.457 e. The summed E-state index contributed by atoms with van der Waals surface area (Å²) in [6.45, 7) is 4.36. The zero-order chi connectivity index (χ0) is 37.9. The summed E-state index contributed by atoms with van der Waals surface area (Å²) in [5.41, 5.74) is 0. The Morgan fingerprint density at radius 2 is 1.17 bits per heavy atom. The number of unbranched alkanes of at least 4 members (excludes halogenated alkanes) is 15. The summed E-state index contributed by atoms with van der Waals surface area (Å²) >= 11 is 0. The van der Waals surface area contributed by atoms with Gasteiger partial charge in [0.2, 0.25) is 0 Å². The van der Waals surface area contributed by atoms with Gasteiger partial charge in [0, 0.05) is 13.0 Å². The number of esters is 1. The summed E-state index contributed by atoms with van der Waals surface area (Å²) in [5.74, 6) is -0.327. The number of ether oxygens (including phenoxy) is 4. The average molecular weight is 737 g/mol. The van der Waals surface area contributed by atoms with Crippen LogP contribution in [0, 0.1) is 0 Å². The van der Waals surface area contributed by atoms with Gasteiger partial charge in [-0.2, -0.15) is 0 Å². The number of carbonyl (C=O) groups excluding carboxylic acids is 1. The van der Waals surface area contributed by atoms with Crippen LogP contribution in [0.4, 0.5) is 0 Å². The number of hydrogen-bond donors (Lipinski definition) is 4. The van der Waals surface area contributed by atoms with E-state index < -0.39 is 43.4 Å². The molecule has 0 aromatic heterocycles. The van der Waals surface area contributed by atoms with Gasteiger partial charge >= 0.3 is 5.97 Å². The van der Waals surface area contributed by atoms with Gasteiger partial charge in [0.25, 0.3) is 0 Å². The highest BCUT2D eigenvalue weighted by Crippen LogP contribution is 2.22. The highest BCUT2D eigenvalue weighted by atomic mass is 16.7. The van der Waals surface area contributed by atoms with Crippen LogP contribution in [0.3, 0.4) is 0 Å². The van der Waals surface area contributed by atoms with Crippen molar-refractivity contribution >= 4 is 5.97 Å². The van der Waals surface area contributed by atoms with Crippen LogP contribution in [0.2, 0.25) is 0 Å². The molecule has 0 aromatic carbocycles. The van der Waals surface area contributed by atoms with Crippen LogP contribution in [0.5, 0.6) is 0 Å². The van der Waals surface area contributed by atoms with Crippen molar-refractivity contribution in [1.29, 1.82) is 0 Å². The molecule has 6 unspecified atom stereocenters. The molecule has 0 bridgehead atoms. The standard InChI is InChI=1S/C43H76O9/c1-3-5-7-9-11-13-15-17-18-19-21-23-25-27-29-31-33-49-35-37(36-50-43-42(48)41(47)40(46)38(34-44)52-43)51-39(45)32-30-28-26-24-22-20-16-14-12-10-8-6-4-2/h5,7,11,13,17-18,21,23,37-38,40-44,46-48H,3-4,6,8-10,12,14-16,19-20,22,24-36H2,1-2H3/b7-5-,13-11-,18-17-,23-21-. The Morgan fingerprint density at radius 3 is 1.75 bits per heavy atom. The second kappa shape index (κ2) is 34.9. The molecule has 6 atom stereocenters. The van der Waals surface area contributed by atoms with E-state index in [1.807, 2.05) is 0 Å². The van der Waals surface area contributed by atoms with Crippen LogP contribution in [-0.2, 0) is 23.7 Å². The lowest BCUT2D eigenvalue weighted by molar-refractivity contribution is -0.305. The molecule has 1 heterocycles. The highest BCUT2D eigenvalue weighted by Gasteiger charge is 2.44. The Bertz CT molecular complexity index is 932. The van der Waals surface area contributed by atoms with Gasteiger partial charge in [0.1, 0.15) is 30.5 Å². The topological polar surface area (TPSA) is 135 Å². The van der Waals surface area contributed by atoms with Crippen LogP contribution in [0.1, 0.15) is 155 Å². The Morgan fingerprint density at radius 1 is 0.635 bits per heavy atom. The Labute approximate surface area is 316 Å². The van der Waals surface area contributed by atoms with Crippen molar-refractivity contribution in [3.05, 3.63) is 48.6 Å². The quantitative estimate of drug-likeness (QED) is 0.0291. The maximum atomic E-state index is 12.7. The van der Waals surface area contributed by atoms with Crippen molar-refractivity contribution in [3.63, 3.8) is 0 Å². The smallest absolute Gasteiger partial charge is 0.306 e. The third-order valence-corrected chi connectivity index (χ3v) is 9.26. The molecule has 0 aromatic rings. The molecular formula is C43H76O9.